The minimum absolute atomic E-state index is 0.193. The summed E-state index contributed by atoms with van der Waals surface area (Å²) in [4.78, 5) is -0.319. The molecule has 0 saturated carbocycles. The van der Waals surface area contributed by atoms with Crippen LogP contribution in [0.4, 0.5) is 4.39 Å². The molecule has 0 saturated heterocycles. The van der Waals surface area contributed by atoms with Crippen LogP contribution in [0.1, 0.15) is 11.1 Å². The molecule has 0 aliphatic rings. The van der Waals surface area contributed by atoms with Crippen LogP contribution < -0.4 is 0 Å². The lowest BCUT2D eigenvalue weighted by Gasteiger charge is -2.18. The Balaban J connectivity index is 2.28. The quantitative estimate of drug-likeness (QED) is 0.821. The van der Waals surface area contributed by atoms with E-state index in [0.29, 0.717) is 4.47 Å². The van der Waals surface area contributed by atoms with Crippen LogP contribution >= 0.6 is 15.9 Å². The van der Waals surface area contributed by atoms with E-state index in [1.54, 1.807) is 0 Å². The van der Waals surface area contributed by atoms with Gasteiger partial charge in [-0.2, -0.15) is 4.31 Å². The average molecular weight is 372 g/mol. The van der Waals surface area contributed by atoms with Gasteiger partial charge in [-0.3, -0.25) is 0 Å². The van der Waals surface area contributed by atoms with Crippen LogP contribution in [0.5, 0.6) is 0 Å². The van der Waals surface area contributed by atoms with Crippen LogP contribution in [-0.2, 0) is 16.6 Å². The maximum absolute atomic E-state index is 13.9. The van der Waals surface area contributed by atoms with Gasteiger partial charge < -0.3 is 0 Å². The number of hydrogen-bond donors (Lipinski definition) is 0. The second kappa shape index (κ2) is 6.25. The Morgan fingerprint density at radius 2 is 1.76 bits per heavy atom. The van der Waals surface area contributed by atoms with E-state index in [4.69, 9.17) is 0 Å². The fraction of sp³-hybridized carbons (Fsp3) is 0.200. The van der Waals surface area contributed by atoms with Crippen LogP contribution in [0.3, 0.4) is 0 Å². The topological polar surface area (TPSA) is 37.4 Å². The van der Waals surface area contributed by atoms with Crippen molar-refractivity contribution in [3.63, 3.8) is 0 Å². The van der Waals surface area contributed by atoms with Crippen LogP contribution in [0.25, 0.3) is 0 Å². The molecule has 0 heterocycles. The van der Waals surface area contributed by atoms with Gasteiger partial charge in [0.25, 0.3) is 0 Å². The summed E-state index contributed by atoms with van der Waals surface area (Å²) >= 11 is 3.11. The molecule has 3 nitrogen and oxygen atoms in total. The summed E-state index contributed by atoms with van der Waals surface area (Å²) in [6, 6.07) is 11.5. The van der Waals surface area contributed by atoms with Gasteiger partial charge >= 0.3 is 0 Å². The van der Waals surface area contributed by atoms with Gasteiger partial charge in [-0.15, -0.1) is 0 Å². The molecule has 0 unspecified atom stereocenters. The molecule has 0 fully saturated rings. The van der Waals surface area contributed by atoms with Crippen molar-refractivity contribution in [2.24, 2.45) is 0 Å². The van der Waals surface area contributed by atoms with Crippen molar-refractivity contribution >= 4 is 26.0 Å². The molecule has 0 aliphatic carbocycles. The standard InChI is InChI=1S/C15H15BrFNO2S/c1-11-3-5-12(6-4-11)10-18(2)21(19,20)15-8-7-13(16)9-14(15)17/h3-9H,10H2,1-2H3. The summed E-state index contributed by atoms with van der Waals surface area (Å²) in [5, 5.41) is 0. The van der Waals surface area contributed by atoms with Crippen molar-refractivity contribution in [2.75, 3.05) is 7.05 Å². The molecule has 2 aromatic carbocycles. The number of nitrogens with zero attached hydrogens (tertiary/aromatic N) is 1. The molecule has 0 N–H and O–H groups in total. The highest BCUT2D eigenvalue weighted by molar-refractivity contribution is 9.10. The predicted octanol–water partition coefficient (Wildman–Crippen LogP) is 3.72. The first kappa shape index (κ1) is 16.1. The van der Waals surface area contributed by atoms with E-state index in [9.17, 15) is 12.8 Å². The lowest BCUT2D eigenvalue weighted by Crippen LogP contribution is -2.27. The zero-order chi connectivity index (χ0) is 15.6. The maximum atomic E-state index is 13.9. The monoisotopic (exact) mass is 371 g/mol. The molecular formula is C15H15BrFNO2S. The lowest BCUT2D eigenvalue weighted by molar-refractivity contribution is 0.460. The molecule has 0 amide bonds. The van der Waals surface area contributed by atoms with Gasteiger partial charge in [0.1, 0.15) is 10.7 Å². The molecular weight excluding hydrogens is 357 g/mol. The Labute approximate surface area is 132 Å². The first-order valence-electron chi connectivity index (χ1n) is 6.27. The number of aryl methyl sites for hydroxylation is 1. The predicted molar refractivity (Wildman–Crippen MR) is 83.9 cm³/mol. The third kappa shape index (κ3) is 3.70. The van der Waals surface area contributed by atoms with Crippen LogP contribution in [0, 0.1) is 12.7 Å². The molecule has 2 rings (SSSR count). The Hall–Kier alpha value is -1.24. The van der Waals surface area contributed by atoms with E-state index in [2.05, 4.69) is 15.9 Å². The van der Waals surface area contributed by atoms with E-state index in [1.807, 2.05) is 31.2 Å². The van der Waals surface area contributed by atoms with Crippen molar-refractivity contribution in [1.82, 2.24) is 4.31 Å². The molecule has 2 aromatic rings. The Morgan fingerprint density at radius 3 is 2.33 bits per heavy atom. The lowest BCUT2D eigenvalue weighted by atomic mass is 10.1. The van der Waals surface area contributed by atoms with E-state index >= 15 is 0 Å². The van der Waals surface area contributed by atoms with E-state index < -0.39 is 15.8 Å². The average Bonchev–Trinajstić information content (AvgIpc) is 2.40. The van der Waals surface area contributed by atoms with Crippen molar-refractivity contribution in [3.8, 4) is 0 Å². The number of benzene rings is 2. The summed E-state index contributed by atoms with van der Waals surface area (Å²) < 4.78 is 40.3. The molecule has 21 heavy (non-hydrogen) atoms. The molecule has 0 bridgehead atoms. The van der Waals surface area contributed by atoms with Gasteiger partial charge in [0.15, 0.2) is 0 Å². The highest BCUT2D eigenvalue weighted by Crippen LogP contribution is 2.23. The smallest absolute Gasteiger partial charge is 0.207 e. The summed E-state index contributed by atoms with van der Waals surface area (Å²) in [5.41, 5.74) is 1.95. The van der Waals surface area contributed by atoms with Gasteiger partial charge in [-0.1, -0.05) is 45.8 Å². The van der Waals surface area contributed by atoms with Gasteiger partial charge in [0.05, 0.1) is 0 Å². The molecule has 112 valence electrons. The van der Waals surface area contributed by atoms with Crippen LogP contribution in [0.2, 0.25) is 0 Å². The minimum Gasteiger partial charge on any atom is -0.207 e. The van der Waals surface area contributed by atoms with Crippen molar-refractivity contribution in [2.45, 2.75) is 18.4 Å². The largest absolute Gasteiger partial charge is 0.246 e. The molecule has 0 radical (unpaired) electrons. The number of rotatable bonds is 4. The zero-order valence-corrected chi connectivity index (χ0v) is 14.1. The van der Waals surface area contributed by atoms with Gasteiger partial charge in [-0.25, -0.2) is 12.8 Å². The number of sulfonamides is 1. The van der Waals surface area contributed by atoms with Gasteiger partial charge in [0.2, 0.25) is 10.0 Å². The number of hydrogen-bond acceptors (Lipinski definition) is 2. The summed E-state index contributed by atoms with van der Waals surface area (Å²) in [7, 11) is -2.42. The summed E-state index contributed by atoms with van der Waals surface area (Å²) in [5.74, 6) is -0.764. The van der Waals surface area contributed by atoms with Gasteiger partial charge in [0, 0.05) is 18.1 Å². The fourth-order valence-corrected chi connectivity index (χ4v) is 3.42. The maximum Gasteiger partial charge on any atom is 0.246 e. The molecule has 0 aliphatic heterocycles. The molecule has 0 atom stereocenters. The molecule has 0 spiro atoms. The van der Waals surface area contributed by atoms with Crippen LogP contribution in [-0.4, -0.2) is 19.8 Å². The molecule has 0 aromatic heterocycles. The molecule has 6 heteroatoms. The van der Waals surface area contributed by atoms with Crippen molar-refractivity contribution < 1.29 is 12.8 Å². The van der Waals surface area contributed by atoms with E-state index in [-0.39, 0.29) is 11.4 Å². The van der Waals surface area contributed by atoms with Crippen molar-refractivity contribution in [1.29, 1.82) is 0 Å². The second-order valence-electron chi connectivity index (χ2n) is 4.82. The highest BCUT2D eigenvalue weighted by atomic mass is 79.9. The Morgan fingerprint density at radius 1 is 1.14 bits per heavy atom. The summed E-state index contributed by atoms with van der Waals surface area (Å²) in [6.07, 6.45) is 0. The normalized spacial score (nSPS) is 11.9. The first-order chi connectivity index (χ1) is 9.80. The highest BCUT2D eigenvalue weighted by Gasteiger charge is 2.24. The fourth-order valence-electron chi connectivity index (χ4n) is 1.89. The van der Waals surface area contributed by atoms with E-state index in [0.717, 1.165) is 21.5 Å². The second-order valence-corrected chi connectivity index (χ2v) is 7.75. The Kier molecular flexibility index (Phi) is 4.81. The van der Waals surface area contributed by atoms with Crippen molar-refractivity contribution in [3.05, 3.63) is 63.9 Å². The first-order valence-corrected chi connectivity index (χ1v) is 8.51. The number of halogens is 2. The zero-order valence-electron chi connectivity index (χ0n) is 11.7. The summed E-state index contributed by atoms with van der Waals surface area (Å²) in [6.45, 7) is 2.15. The Bertz CT molecular complexity index is 745. The third-order valence-corrected chi connectivity index (χ3v) is 5.44. The van der Waals surface area contributed by atoms with E-state index in [1.165, 1.54) is 19.2 Å². The minimum atomic E-state index is -3.86. The third-order valence-electron chi connectivity index (χ3n) is 3.11. The SMILES string of the molecule is Cc1ccc(CN(C)S(=O)(=O)c2ccc(Br)cc2F)cc1. The van der Waals surface area contributed by atoms with Gasteiger partial charge in [-0.05, 0) is 30.7 Å². The van der Waals surface area contributed by atoms with Crippen LogP contribution in [0.15, 0.2) is 51.8 Å².